The second-order valence-corrected chi connectivity index (χ2v) is 9.59. The van der Waals surface area contributed by atoms with Crippen LogP contribution in [0.25, 0.3) is 0 Å². The van der Waals surface area contributed by atoms with E-state index in [1.165, 1.54) is 43.4 Å². The van der Waals surface area contributed by atoms with E-state index in [1.54, 1.807) is 0 Å². The van der Waals surface area contributed by atoms with Gasteiger partial charge in [0.25, 0.3) is 5.91 Å². The van der Waals surface area contributed by atoms with Gasteiger partial charge in [-0.3, -0.25) is 14.5 Å². The fraction of sp³-hybridized carbons (Fsp3) is 0.727. The average molecular weight is 420 g/mol. The Morgan fingerprint density at radius 2 is 1.83 bits per heavy atom. The number of rotatable bonds is 5. The molecule has 0 radical (unpaired) electrons. The van der Waals surface area contributed by atoms with Crippen LogP contribution in [0.5, 0.6) is 0 Å². The predicted octanol–water partition coefficient (Wildman–Crippen LogP) is 2.75. The van der Waals surface area contributed by atoms with Gasteiger partial charge in [-0.2, -0.15) is 0 Å². The van der Waals surface area contributed by atoms with Gasteiger partial charge in [0.1, 0.15) is 0 Å². The van der Waals surface area contributed by atoms with Crippen LogP contribution in [0.4, 0.5) is 0 Å². The summed E-state index contributed by atoms with van der Waals surface area (Å²) < 4.78 is 5.55. The van der Waals surface area contributed by atoms with Crippen molar-refractivity contribution in [2.45, 2.75) is 50.5 Å². The number of likely N-dealkylation sites (tertiary alicyclic amines) is 1. The van der Waals surface area contributed by atoms with Crippen LogP contribution in [-0.2, 0) is 9.53 Å². The molecule has 2 saturated heterocycles. The molecule has 0 atom stereocenters. The van der Waals surface area contributed by atoms with Gasteiger partial charge in [-0.25, -0.2) is 0 Å². The van der Waals surface area contributed by atoms with Crippen LogP contribution in [0, 0.1) is 5.92 Å². The SMILES string of the molecule is O=C(NCC1(N2CCOCC2)CCCCC1)C1CCN(C(=O)c2cccs2)CC1. The lowest BCUT2D eigenvalue weighted by atomic mass is 9.79. The Bertz CT molecular complexity index is 673. The number of carbonyl (C=O) groups excluding carboxylic acids is 2. The molecule has 3 aliphatic rings. The van der Waals surface area contributed by atoms with Crippen molar-refractivity contribution in [1.82, 2.24) is 15.1 Å². The first-order chi connectivity index (χ1) is 14.2. The minimum Gasteiger partial charge on any atom is -0.379 e. The summed E-state index contributed by atoms with van der Waals surface area (Å²) in [4.78, 5) is 30.7. The van der Waals surface area contributed by atoms with Gasteiger partial charge in [-0.05, 0) is 37.1 Å². The first kappa shape index (κ1) is 20.8. The third-order valence-corrected chi connectivity index (χ3v) is 7.80. The smallest absolute Gasteiger partial charge is 0.263 e. The Hall–Kier alpha value is -1.44. The Balaban J connectivity index is 1.29. The van der Waals surface area contributed by atoms with E-state index in [2.05, 4.69) is 10.2 Å². The summed E-state index contributed by atoms with van der Waals surface area (Å²) in [5.41, 5.74) is 0.105. The van der Waals surface area contributed by atoms with Crippen LogP contribution in [0.15, 0.2) is 17.5 Å². The Kier molecular flexibility index (Phi) is 6.88. The fourth-order valence-electron chi connectivity index (χ4n) is 5.15. The molecule has 0 spiro atoms. The minimum atomic E-state index is 0.0210. The summed E-state index contributed by atoms with van der Waals surface area (Å²) in [6.07, 6.45) is 7.65. The maximum Gasteiger partial charge on any atom is 0.263 e. The van der Waals surface area contributed by atoms with Crippen molar-refractivity contribution in [2.75, 3.05) is 45.9 Å². The number of nitrogens with one attached hydrogen (secondary N) is 1. The zero-order valence-corrected chi connectivity index (χ0v) is 18.1. The third kappa shape index (κ3) is 4.84. The molecular weight excluding hydrogens is 386 g/mol. The molecule has 2 aliphatic heterocycles. The Morgan fingerprint density at radius 3 is 2.48 bits per heavy atom. The molecule has 1 aromatic heterocycles. The molecule has 1 aliphatic carbocycles. The molecule has 6 nitrogen and oxygen atoms in total. The second kappa shape index (κ2) is 9.58. The molecule has 3 fully saturated rings. The molecule has 4 rings (SSSR count). The van der Waals surface area contributed by atoms with Crippen molar-refractivity contribution < 1.29 is 14.3 Å². The van der Waals surface area contributed by atoms with Crippen molar-refractivity contribution in [2.24, 2.45) is 5.92 Å². The molecule has 160 valence electrons. The zero-order valence-electron chi connectivity index (χ0n) is 17.2. The van der Waals surface area contributed by atoms with Gasteiger partial charge in [0.05, 0.1) is 18.1 Å². The van der Waals surface area contributed by atoms with E-state index in [4.69, 9.17) is 4.74 Å². The number of hydrogen-bond donors (Lipinski definition) is 1. The van der Waals surface area contributed by atoms with Gasteiger partial charge >= 0.3 is 0 Å². The van der Waals surface area contributed by atoms with E-state index >= 15 is 0 Å². The summed E-state index contributed by atoms with van der Waals surface area (Å²) in [6, 6.07) is 3.79. The molecule has 1 N–H and O–H groups in total. The first-order valence-electron chi connectivity index (χ1n) is 11.1. The highest BCUT2D eigenvalue weighted by Crippen LogP contribution is 2.34. The number of hydrogen-bond acceptors (Lipinski definition) is 5. The Morgan fingerprint density at radius 1 is 1.10 bits per heavy atom. The maximum atomic E-state index is 12.9. The summed E-state index contributed by atoms with van der Waals surface area (Å²) in [6.45, 7) is 5.63. The topological polar surface area (TPSA) is 61.9 Å². The van der Waals surface area contributed by atoms with Crippen LogP contribution >= 0.6 is 11.3 Å². The van der Waals surface area contributed by atoms with Crippen molar-refractivity contribution in [3.05, 3.63) is 22.4 Å². The molecule has 0 bridgehead atoms. The number of thiophene rings is 1. The van der Waals surface area contributed by atoms with E-state index in [0.29, 0.717) is 13.1 Å². The monoisotopic (exact) mass is 419 g/mol. The van der Waals surface area contributed by atoms with E-state index in [9.17, 15) is 9.59 Å². The van der Waals surface area contributed by atoms with Crippen LogP contribution < -0.4 is 5.32 Å². The molecule has 29 heavy (non-hydrogen) atoms. The third-order valence-electron chi connectivity index (χ3n) is 6.94. The number of carbonyl (C=O) groups is 2. The summed E-state index contributed by atoms with van der Waals surface area (Å²) in [7, 11) is 0. The molecule has 2 amide bonds. The number of amides is 2. The number of ether oxygens (including phenoxy) is 1. The predicted molar refractivity (Wildman–Crippen MR) is 114 cm³/mol. The Labute approximate surface area is 177 Å². The maximum absolute atomic E-state index is 12.9. The molecule has 0 unspecified atom stereocenters. The minimum absolute atomic E-state index is 0.0210. The van der Waals surface area contributed by atoms with Crippen LogP contribution in [0.1, 0.15) is 54.6 Å². The lowest BCUT2D eigenvalue weighted by molar-refractivity contribution is -0.127. The standard InChI is InChI=1S/C22H33N3O3S/c26-20(18-6-10-24(11-7-18)21(27)19-5-4-16-29-19)23-17-22(8-2-1-3-9-22)25-12-14-28-15-13-25/h4-5,16,18H,1-3,6-15,17H2,(H,23,26). The number of nitrogens with zero attached hydrogens (tertiary/aromatic N) is 2. The van der Waals surface area contributed by atoms with E-state index < -0.39 is 0 Å². The lowest BCUT2D eigenvalue weighted by Crippen LogP contribution is -2.60. The summed E-state index contributed by atoms with van der Waals surface area (Å²) >= 11 is 1.48. The molecule has 3 heterocycles. The number of piperidine rings is 1. The van der Waals surface area contributed by atoms with Crippen molar-refractivity contribution in [3.63, 3.8) is 0 Å². The molecule has 1 saturated carbocycles. The second-order valence-electron chi connectivity index (χ2n) is 8.65. The van der Waals surface area contributed by atoms with Crippen LogP contribution in [-0.4, -0.2) is 73.1 Å². The molecule has 7 heteroatoms. The largest absolute Gasteiger partial charge is 0.379 e. The summed E-state index contributed by atoms with van der Waals surface area (Å²) in [5.74, 6) is 0.298. The normalized spacial score (nSPS) is 23.7. The van der Waals surface area contributed by atoms with Gasteiger partial charge < -0.3 is 15.0 Å². The highest BCUT2D eigenvalue weighted by Gasteiger charge is 2.39. The highest BCUT2D eigenvalue weighted by atomic mass is 32.1. The van der Waals surface area contributed by atoms with Gasteiger partial charge in [-0.15, -0.1) is 11.3 Å². The van der Waals surface area contributed by atoms with E-state index in [0.717, 1.165) is 50.6 Å². The molecule has 0 aromatic carbocycles. The van der Waals surface area contributed by atoms with Gasteiger partial charge in [0, 0.05) is 44.2 Å². The van der Waals surface area contributed by atoms with Crippen molar-refractivity contribution >= 4 is 23.2 Å². The molecular formula is C22H33N3O3S. The molecule has 1 aromatic rings. The zero-order chi connectivity index (χ0) is 20.1. The number of morpholine rings is 1. The lowest BCUT2D eigenvalue weighted by Gasteiger charge is -2.48. The summed E-state index contributed by atoms with van der Waals surface area (Å²) in [5, 5.41) is 5.24. The van der Waals surface area contributed by atoms with Crippen molar-refractivity contribution in [3.8, 4) is 0 Å². The van der Waals surface area contributed by atoms with Gasteiger partial charge in [0.2, 0.25) is 5.91 Å². The van der Waals surface area contributed by atoms with Crippen molar-refractivity contribution in [1.29, 1.82) is 0 Å². The van der Waals surface area contributed by atoms with Crippen LogP contribution in [0.3, 0.4) is 0 Å². The fourth-order valence-corrected chi connectivity index (χ4v) is 5.84. The van der Waals surface area contributed by atoms with Gasteiger partial charge in [-0.1, -0.05) is 25.3 Å². The van der Waals surface area contributed by atoms with E-state index in [-0.39, 0.29) is 23.3 Å². The van der Waals surface area contributed by atoms with E-state index in [1.807, 2.05) is 22.4 Å². The highest BCUT2D eigenvalue weighted by molar-refractivity contribution is 7.12. The van der Waals surface area contributed by atoms with Gasteiger partial charge in [0.15, 0.2) is 0 Å². The first-order valence-corrected chi connectivity index (χ1v) is 12.0. The van der Waals surface area contributed by atoms with Crippen LogP contribution in [0.2, 0.25) is 0 Å². The average Bonchev–Trinajstić information content (AvgIpc) is 3.33. The quantitative estimate of drug-likeness (QED) is 0.797.